The molecule has 32 heavy (non-hydrogen) atoms. The molecule has 178 valence electrons. The van der Waals surface area contributed by atoms with E-state index in [0.29, 0.717) is 32.4 Å². The van der Waals surface area contributed by atoms with E-state index in [0.717, 1.165) is 18.4 Å². The van der Waals surface area contributed by atoms with E-state index in [1.54, 1.807) is 19.1 Å². The molecule has 3 amide bonds. The van der Waals surface area contributed by atoms with Crippen LogP contribution < -0.4 is 10.1 Å². The van der Waals surface area contributed by atoms with Crippen LogP contribution in [-0.4, -0.2) is 56.0 Å². The molecule has 7 nitrogen and oxygen atoms in total. The zero-order valence-electron chi connectivity index (χ0n) is 19.0. The summed E-state index contributed by atoms with van der Waals surface area (Å²) in [5, 5.41) is 2.27. The van der Waals surface area contributed by atoms with Gasteiger partial charge in [0.15, 0.2) is 21.4 Å². The van der Waals surface area contributed by atoms with Gasteiger partial charge < -0.3 is 9.64 Å². The first-order valence-electron chi connectivity index (χ1n) is 11.3. The molecule has 1 heterocycles. The van der Waals surface area contributed by atoms with Gasteiger partial charge in [0.2, 0.25) is 0 Å². The second-order valence-electron chi connectivity index (χ2n) is 9.45. The quantitative estimate of drug-likeness (QED) is 0.375. The Hall–Kier alpha value is -2.16. The fourth-order valence-corrected chi connectivity index (χ4v) is 6.12. The highest BCUT2D eigenvalue weighted by atomic mass is 32.2. The number of rotatable bonds is 12. The highest BCUT2D eigenvalue weighted by Crippen LogP contribution is 2.50. The van der Waals surface area contributed by atoms with Crippen LogP contribution in [0.1, 0.15) is 58.4 Å². The summed E-state index contributed by atoms with van der Waals surface area (Å²) < 4.78 is 45.2. The number of halogens is 1. The van der Waals surface area contributed by atoms with E-state index in [1.807, 2.05) is 13.8 Å². The number of imide groups is 1. The monoisotopic (exact) mass is 468 g/mol. The number of amides is 3. The molecule has 1 aliphatic carbocycles. The van der Waals surface area contributed by atoms with Crippen molar-refractivity contribution in [3.8, 4) is 5.75 Å². The Kier molecular flexibility index (Phi) is 7.47. The van der Waals surface area contributed by atoms with Gasteiger partial charge in [0.05, 0.1) is 18.1 Å². The predicted molar refractivity (Wildman–Crippen MR) is 120 cm³/mol. The van der Waals surface area contributed by atoms with Crippen molar-refractivity contribution in [3.63, 3.8) is 0 Å². The lowest BCUT2D eigenvalue weighted by atomic mass is 9.98. The predicted octanol–water partition coefficient (Wildman–Crippen LogP) is 3.42. The molecular weight excluding hydrogens is 435 g/mol. The van der Waals surface area contributed by atoms with Gasteiger partial charge in [0.25, 0.3) is 5.91 Å². The molecule has 1 aliphatic heterocycles. The zero-order valence-corrected chi connectivity index (χ0v) is 19.8. The summed E-state index contributed by atoms with van der Waals surface area (Å²) >= 11 is 0. The molecular formula is C23H33FN2O5S. The van der Waals surface area contributed by atoms with Gasteiger partial charge in [-0.2, -0.15) is 0 Å². The van der Waals surface area contributed by atoms with E-state index in [-0.39, 0.29) is 35.1 Å². The number of nitrogens with zero attached hydrogens (tertiary/aromatic N) is 1. The summed E-state index contributed by atoms with van der Waals surface area (Å²) in [6, 6.07) is 3.82. The second-order valence-corrected chi connectivity index (χ2v) is 11.6. The number of nitrogens with one attached hydrogen (secondary N) is 1. The van der Waals surface area contributed by atoms with Gasteiger partial charge >= 0.3 is 6.03 Å². The summed E-state index contributed by atoms with van der Waals surface area (Å²) in [6.45, 7) is 6.47. The third-order valence-electron chi connectivity index (χ3n) is 6.16. The Morgan fingerprint density at radius 2 is 1.94 bits per heavy atom. The van der Waals surface area contributed by atoms with E-state index >= 15 is 0 Å². The fraction of sp³-hybridized carbons (Fsp3) is 0.652. The second kappa shape index (κ2) is 9.77. The minimum Gasteiger partial charge on any atom is -0.490 e. The Bertz CT molecular complexity index is 959. The van der Waals surface area contributed by atoms with Gasteiger partial charge in [-0.05, 0) is 56.2 Å². The molecule has 1 aromatic carbocycles. The van der Waals surface area contributed by atoms with Crippen LogP contribution in [0, 0.1) is 11.7 Å². The number of urea groups is 1. The van der Waals surface area contributed by atoms with E-state index in [1.165, 1.54) is 11.0 Å². The molecule has 1 saturated carbocycles. The molecule has 0 bridgehead atoms. The number of ether oxygens (including phenoxy) is 1. The number of hydrogen-bond donors (Lipinski definition) is 1. The summed E-state index contributed by atoms with van der Waals surface area (Å²) in [7, 11) is -3.28. The average molecular weight is 469 g/mol. The molecule has 0 radical (unpaired) electrons. The third kappa shape index (κ3) is 5.99. The van der Waals surface area contributed by atoms with Crippen molar-refractivity contribution in [1.82, 2.24) is 10.2 Å². The first kappa shape index (κ1) is 24.5. The largest absolute Gasteiger partial charge is 0.490 e. The Labute approximate surface area is 189 Å². The van der Waals surface area contributed by atoms with Crippen molar-refractivity contribution in [2.75, 3.05) is 24.7 Å². The smallest absolute Gasteiger partial charge is 0.324 e. The normalized spacial score (nSPS) is 20.0. The maximum atomic E-state index is 14.1. The van der Waals surface area contributed by atoms with Gasteiger partial charge in [0, 0.05) is 12.0 Å². The summed E-state index contributed by atoms with van der Waals surface area (Å²) in [5.41, 5.74) is 0.367. The minimum atomic E-state index is -3.28. The lowest BCUT2D eigenvalue weighted by Crippen LogP contribution is -2.33. The molecule has 2 fully saturated rings. The number of hydrogen-bond acceptors (Lipinski definition) is 5. The number of carbonyl (C=O) groups is 2. The topological polar surface area (TPSA) is 92.8 Å². The van der Waals surface area contributed by atoms with E-state index in [4.69, 9.17) is 4.74 Å². The molecule has 0 spiro atoms. The van der Waals surface area contributed by atoms with Crippen LogP contribution in [-0.2, 0) is 20.0 Å². The SMILES string of the molecule is CC(C)COc1cc(C2(CS(=O)(=O)CCCCCN3C(=O)NC(=O)[C@@H]3C)CC2)ccc1F. The van der Waals surface area contributed by atoms with Crippen LogP contribution >= 0.6 is 0 Å². The van der Waals surface area contributed by atoms with Crippen molar-refractivity contribution >= 4 is 21.8 Å². The molecule has 1 saturated heterocycles. The van der Waals surface area contributed by atoms with Crippen molar-refractivity contribution in [1.29, 1.82) is 0 Å². The number of carbonyl (C=O) groups excluding carboxylic acids is 2. The molecule has 0 unspecified atom stereocenters. The Balaban J connectivity index is 1.50. The molecule has 2 aliphatic rings. The molecule has 0 aromatic heterocycles. The zero-order chi connectivity index (χ0) is 23.5. The highest BCUT2D eigenvalue weighted by Gasteiger charge is 2.47. The molecule has 1 aromatic rings. The van der Waals surface area contributed by atoms with Crippen LogP contribution in [0.5, 0.6) is 5.75 Å². The Morgan fingerprint density at radius 3 is 2.53 bits per heavy atom. The van der Waals surface area contributed by atoms with E-state index in [9.17, 15) is 22.4 Å². The van der Waals surface area contributed by atoms with Crippen LogP contribution in [0.15, 0.2) is 18.2 Å². The van der Waals surface area contributed by atoms with Crippen LogP contribution in [0.25, 0.3) is 0 Å². The first-order valence-corrected chi connectivity index (χ1v) is 13.1. The first-order chi connectivity index (χ1) is 15.0. The maximum absolute atomic E-state index is 14.1. The van der Waals surface area contributed by atoms with Crippen LogP contribution in [0.2, 0.25) is 0 Å². The summed E-state index contributed by atoms with van der Waals surface area (Å²) in [4.78, 5) is 24.7. The molecule has 9 heteroatoms. The van der Waals surface area contributed by atoms with Crippen LogP contribution in [0.3, 0.4) is 0 Å². The molecule has 1 N–H and O–H groups in total. The Morgan fingerprint density at radius 1 is 1.22 bits per heavy atom. The highest BCUT2D eigenvalue weighted by molar-refractivity contribution is 7.91. The number of benzene rings is 1. The van der Waals surface area contributed by atoms with Crippen molar-refractivity contribution < 1.29 is 27.1 Å². The van der Waals surface area contributed by atoms with Gasteiger partial charge in [0.1, 0.15) is 6.04 Å². The summed E-state index contributed by atoms with van der Waals surface area (Å²) in [6.07, 6.45) is 3.32. The number of sulfone groups is 1. The van der Waals surface area contributed by atoms with Crippen LogP contribution in [0.4, 0.5) is 9.18 Å². The maximum Gasteiger partial charge on any atom is 0.324 e. The standard InChI is InChI=1S/C23H33FN2O5S/c1-16(2)14-31-20-13-18(7-8-19(20)24)23(9-10-23)15-32(29,30)12-6-4-5-11-26-17(3)21(27)25-22(26)28/h7-8,13,16-17H,4-6,9-12,14-15H2,1-3H3,(H,25,27,28)/t17-/m0/s1. The van der Waals surface area contributed by atoms with Gasteiger partial charge in [-0.25, -0.2) is 17.6 Å². The fourth-order valence-electron chi connectivity index (χ4n) is 4.04. The van der Waals surface area contributed by atoms with E-state index in [2.05, 4.69) is 5.32 Å². The van der Waals surface area contributed by atoms with Gasteiger partial charge in [-0.15, -0.1) is 0 Å². The number of unbranched alkanes of at least 4 members (excludes halogenated alkanes) is 2. The third-order valence-corrected chi connectivity index (χ3v) is 8.06. The average Bonchev–Trinajstić information content (AvgIpc) is 3.43. The van der Waals surface area contributed by atoms with Crippen molar-refractivity contribution in [2.24, 2.45) is 5.92 Å². The van der Waals surface area contributed by atoms with Gasteiger partial charge in [-0.3, -0.25) is 10.1 Å². The van der Waals surface area contributed by atoms with E-state index < -0.39 is 27.1 Å². The van der Waals surface area contributed by atoms with Crippen molar-refractivity contribution in [3.05, 3.63) is 29.6 Å². The van der Waals surface area contributed by atoms with Crippen molar-refractivity contribution in [2.45, 2.75) is 64.3 Å². The molecule has 3 rings (SSSR count). The van der Waals surface area contributed by atoms with Gasteiger partial charge in [-0.1, -0.05) is 26.3 Å². The lowest BCUT2D eigenvalue weighted by Gasteiger charge is -2.19. The summed E-state index contributed by atoms with van der Waals surface area (Å²) in [5.74, 6) is -0.167. The molecule has 1 atom stereocenters. The lowest BCUT2D eigenvalue weighted by molar-refractivity contribution is -0.121. The minimum absolute atomic E-state index is 0.0509.